The van der Waals surface area contributed by atoms with Crippen LogP contribution in [0.25, 0.3) is 11.0 Å². The van der Waals surface area contributed by atoms with Crippen molar-refractivity contribution in [2.75, 3.05) is 6.61 Å². The molecule has 3 aromatic rings. The topological polar surface area (TPSA) is 104 Å². The molecule has 0 saturated heterocycles. The summed E-state index contributed by atoms with van der Waals surface area (Å²) in [5.41, 5.74) is 0.985. The lowest BCUT2D eigenvalue weighted by Gasteiger charge is -2.09. The lowest BCUT2D eigenvalue weighted by Crippen LogP contribution is -2.34. The molecule has 0 aliphatic carbocycles. The van der Waals surface area contributed by atoms with Crippen LogP contribution < -0.4 is 10.1 Å². The first kappa shape index (κ1) is 23.9. The number of amides is 2. The molecular formula is C23H21F2NO7. The summed E-state index contributed by atoms with van der Waals surface area (Å²) in [6, 6.07) is 11.7. The summed E-state index contributed by atoms with van der Waals surface area (Å²) in [6.45, 7) is 0.0700. The monoisotopic (exact) mass is 461 g/mol. The average molecular weight is 461 g/mol. The van der Waals surface area contributed by atoms with Crippen LogP contribution in [0, 0.1) is 0 Å². The molecule has 0 aliphatic rings. The van der Waals surface area contributed by atoms with Gasteiger partial charge in [0.1, 0.15) is 11.3 Å². The van der Waals surface area contributed by atoms with Crippen LogP contribution in [0.5, 0.6) is 5.75 Å². The molecule has 2 amide bonds. The highest BCUT2D eigenvalue weighted by molar-refractivity contribution is 6.05. The van der Waals surface area contributed by atoms with E-state index in [1.807, 2.05) is 19.2 Å². The number of fused-ring (bicyclic) bond motifs is 1. The molecule has 0 aliphatic heterocycles. The van der Waals surface area contributed by atoms with E-state index in [0.717, 1.165) is 12.1 Å². The highest BCUT2D eigenvalue weighted by Crippen LogP contribution is 2.27. The maximum atomic E-state index is 12.6. The second kappa shape index (κ2) is 10.7. The quantitative estimate of drug-likeness (QED) is 0.479. The molecule has 1 aromatic heterocycles. The molecule has 0 atom stereocenters. The molecule has 1 heterocycles. The first-order chi connectivity index (χ1) is 15.7. The zero-order valence-corrected chi connectivity index (χ0v) is 17.8. The predicted octanol–water partition coefficient (Wildman–Crippen LogP) is 4.07. The van der Waals surface area contributed by atoms with Crippen molar-refractivity contribution in [3.63, 3.8) is 0 Å². The van der Waals surface area contributed by atoms with E-state index in [2.05, 4.69) is 4.74 Å². The summed E-state index contributed by atoms with van der Waals surface area (Å²) in [7, 11) is 0. The molecule has 0 unspecified atom stereocenters. The van der Waals surface area contributed by atoms with E-state index in [1.54, 1.807) is 24.3 Å². The third kappa shape index (κ3) is 6.36. The van der Waals surface area contributed by atoms with Gasteiger partial charge in [-0.15, -0.1) is 0 Å². The Bertz CT molecular complexity index is 1140. The number of carbonyl (C=O) groups excluding carboxylic acids is 3. The van der Waals surface area contributed by atoms with Crippen LogP contribution in [-0.4, -0.2) is 37.1 Å². The number of imide groups is 1. The van der Waals surface area contributed by atoms with E-state index >= 15 is 0 Å². The highest BCUT2D eigenvalue weighted by Gasteiger charge is 2.23. The van der Waals surface area contributed by atoms with Gasteiger partial charge in [0.05, 0.1) is 12.7 Å². The molecule has 33 heavy (non-hydrogen) atoms. The van der Waals surface area contributed by atoms with Crippen LogP contribution in [0.15, 0.2) is 52.9 Å². The Kier molecular flexibility index (Phi) is 7.73. The van der Waals surface area contributed by atoms with Crippen molar-refractivity contribution >= 4 is 28.8 Å². The molecule has 0 radical (unpaired) electrons. The number of ether oxygens (including phenoxy) is 3. The van der Waals surface area contributed by atoms with Gasteiger partial charge in [-0.05, 0) is 44.2 Å². The molecule has 1 N–H and O–H groups in total. The van der Waals surface area contributed by atoms with Crippen LogP contribution in [0.2, 0.25) is 0 Å². The first-order valence-electron chi connectivity index (χ1n) is 9.92. The number of furan rings is 1. The minimum absolute atomic E-state index is 0.0293. The van der Waals surface area contributed by atoms with Crippen molar-refractivity contribution in [3.05, 3.63) is 65.4 Å². The third-order valence-electron chi connectivity index (χ3n) is 4.37. The van der Waals surface area contributed by atoms with Crippen molar-refractivity contribution in [1.82, 2.24) is 5.32 Å². The van der Waals surface area contributed by atoms with Gasteiger partial charge in [-0.1, -0.05) is 18.2 Å². The molecule has 0 spiro atoms. The fraction of sp³-hybridized carbons (Fsp3) is 0.261. The molecular weight excluding hydrogens is 440 g/mol. The molecule has 174 valence electrons. The molecule has 8 nitrogen and oxygen atoms in total. The van der Waals surface area contributed by atoms with E-state index < -0.39 is 31.0 Å². The van der Waals surface area contributed by atoms with Gasteiger partial charge in [0.15, 0.2) is 6.61 Å². The number of alkyl halides is 2. The lowest BCUT2D eigenvalue weighted by atomic mass is 10.1. The second-order valence-corrected chi connectivity index (χ2v) is 7.12. The zero-order valence-electron chi connectivity index (χ0n) is 17.8. The summed E-state index contributed by atoms with van der Waals surface area (Å²) in [4.78, 5) is 36.7. The normalized spacial score (nSPS) is 11.1. The fourth-order valence-corrected chi connectivity index (χ4v) is 2.88. The van der Waals surface area contributed by atoms with Gasteiger partial charge in [-0.3, -0.25) is 14.9 Å². The number of benzene rings is 2. The van der Waals surface area contributed by atoms with E-state index in [0.29, 0.717) is 16.5 Å². The van der Waals surface area contributed by atoms with Crippen molar-refractivity contribution in [1.29, 1.82) is 0 Å². The van der Waals surface area contributed by atoms with Crippen molar-refractivity contribution < 1.29 is 41.8 Å². The number of esters is 1. The van der Waals surface area contributed by atoms with Crippen molar-refractivity contribution in [2.24, 2.45) is 0 Å². The van der Waals surface area contributed by atoms with Gasteiger partial charge in [-0.25, -0.2) is 4.79 Å². The maximum absolute atomic E-state index is 12.6. The zero-order chi connectivity index (χ0) is 24.0. The summed E-state index contributed by atoms with van der Waals surface area (Å²) in [5.74, 6) is -2.79. The molecule has 0 saturated carbocycles. The minimum Gasteiger partial charge on any atom is -0.450 e. The van der Waals surface area contributed by atoms with Gasteiger partial charge in [0.25, 0.3) is 11.8 Å². The number of nitrogens with one attached hydrogen (secondary N) is 1. The van der Waals surface area contributed by atoms with Crippen molar-refractivity contribution in [2.45, 2.75) is 33.2 Å². The van der Waals surface area contributed by atoms with Crippen LogP contribution in [-0.2, 0) is 20.9 Å². The van der Waals surface area contributed by atoms with Gasteiger partial charge in [0.2, 0.25) is 5.76 Å². The molecule has 2 aromatic carbocycles. The van der Waals surface area contributed by atoms with Gasteiger partial charge in [-0.2, -0.15) is 8.78 Å². The lowest BCUT2D eigenvalue weighted by molar-refractivity contribution is -0.123. The summed E-state index contributed by atoms with van der Waals surface area (Å²) in [6.07, 6.45) is -0.0877. The fourth-order valence-electron chi connectivity index (χ4n) is 2.88. The molecule has 3 rings (SSSR count). The number of halogens is 2. The van der Waals surface area contributed by atoms with Crippen LogP contribution in [0.1, 0.15) is 40.3 Å². The molecule has 10 heteroatoms. The number of hydrogen-bond donors (Lipinski definition) is 1. The minimum atomic E-state index is -3.00. The van der Waals surface area contributed by atoms with Crippen molar-refractivity contribution in [3.8, 4) is 5.75 Å². The number of rotatable bonds is 9. The SMILES string of the molecule is CC(C)OCc1c(C(=O)OCC(=O)NC(=O)c2ccc(OC(F)F)cc2)oc2ccccc12. The third-order valence-corrected chi connectivity index (χ3v) is 4.37. The van der Waals surface area contributed by atoms with E-state index in [1.165, 1.54) is 12.1 Å². The first-order valence-corrected chi connectivity index (χ1v) is 9.92. The number of hydrogen-bond acceptors (Lipinski definition) is 7. The van der Waals surface area contributed by atoms with Crippen LogP contribution >= 0.6 is 0 Å². The van der Waals surface area contributed by atoms with Gasteiger partial charge >= 0.3 is 12.6 Å². The standard InChI is InChI=1S/C23H21F2NO7/c1-13(2)30-11-17-16-5-3-4-6-18(16)33-20(17)22(29)31-12-19(27)26-21(28)14-7-9-15(10-8-14)32-23(24)25/h3-10,13,23H,11-12H2,1-2H3,(H,26,27,28). The Labute approximate surface area is 187 Å². The second-order valence-electron chi connectivity index (χ2n) is 7.12. The smallest absolute Gasteiger partial charge is 0.387 e. The molecule has 0 fully saturated rings. The van der Waals surface area contributed by atoms with Crippen LogP contribution in [0.3, 0.4) is 0 Å². The Hall–Kier alpha value is -3.79. The molecule has 0 bridgehead atoms. The number of carbonyl (C=O) groups is 3. The van der Waals surface area contributed by atoms with Gasteiger partial charge in [0, 0.05) is 16.5 Å². The number of para-hydroxylation sites is 1. The maximum Gasteiger partial charge on any atom is 0.387 e. The largest absolute Gasteiger partial charge is 0.450 e. The Morgan fingerprint density at radius 2 is 1.73 bits per heavy atom. The van der Waals surface area contributed by atoms with E-state index in [-0.39, 0.29) is 29.8 Å². The Morgan fingerprint density at radius 1 is 1.03 bits per heavy atom. The van der Waals surface area contributed by atoms with Gasteiger partial charge < -0.3 is 18.6 Å². The summed E-state index contributed by atoms with van der Waals surface area (Å²) in [5, 5.41) is 2.73. The predicted molar refractivity (Wildman–Crippen MR) is 112 cm³/mol. The Balaban J connectivity index is 1.61. The summed E-state index contributed by atoms with van der Waals surface area (Å²) < 4.78 is 44.8. The van der Waals surface area contributed by atoms with E-state index in [4.69, 9.17) is 13.9 Å². The highest BCUT2D eigenvalue weighted by atomic mass is 19.3. The summed E-state index contributed by atoms with van der Waals surface area (Å²) >= 11 is 0. The van der Waals surface area contributed by atoms with Crippen LogP contribution in [0.4, 0.5) is 8.78 Å². The Morgan fingerprint density at radius 3 is 2.39 bits per heavy atom. The average Bonchev–Trinajstić information content (AvgIpc) is 3.14. The van der Waals surface area contributed by atoms with E-state index in [9.17, 15) is 23.2 Å².